The lowest BCUT2D eigenvalue weighted by Gasteiger charge is -2.39. The number of hydrogen-bond acceptors (Lipinski definition) is 4. The molecule has 0 radical (unpaired) electrons. The van der Waals surface area contributed by atoms with Gasteiger partial charge in [-0.1, -0.05) is 24.3 Å². The molecule has 2 saturated heterocycles. The van der Waals surface area contributed by atoms with Crippen molar-refractivity contribution in [1.29, 1.82) is 0 Å². The van der Waals surface area contributed by atoms with Gasteiger partial charge in [-0.25, -0.2) is 0 Å². The molecule has 1 aromatic heterocycles. The van der Waals surface area contributed by atoms with Crippen LogP contribution in [0.15, 0.2) is 47.8 Å². The smallest absolute Gasteiger partial charge is 0.241 e. The number of para-hydroxylation sites is 1. The Labute approximate surface area is 159 Å². The van der Waals surface area contributed by atoms with Gasteiger partial charge in [-0.15, -0.1) is 11.3 Å². The van der Waals surface area contributed by atoms with Crippen LogP contribution in [0.5, 0.6) is 0 Å². The second-order valence-electron chi connectivity index (χ2n) is 7.85. The number of likely N-dealkylation sites (tertiary alicyclic amines) is 2. The van der Waals surface area contributed by atoms with E-state index in [0.29, 0.717) is 5.41 Å². The average molecular weight is 370 g/mol. The van der Waals surface area contributed by atoms with Crippen molar-refractivity contribution in [2.75, 3.05) is 32.0 Å². The Morgan fingerprint density at radius 3 is 2.65 bits per heavy atom. The summed E-state index contributed by atoms with van der Waals surface area (Å²) in [6.45, 7) is 4.38. The first kappa shape index (κ1) is 17.7. The number of likely N-dealkylation sites (N-methyl/N-ethyl adjacent to an activating group) is 1. The van der Waals surface area contributed by atoms with Gasteiger partial charge in [0.25, 0.3) is 0 Å². The highest BCUT2D eigenvalue weighted by Crippen LogP contribution is 2.43. The van der Waals surface area contributed by atoms with Crippen LogP contribution >= 0.6 is 11.3 Å². The van der Waals surface area contributed by atoms with Crippen LogP contribution < -0.4 is 5.32 Å². The summed E-state index contributed by atoms with van der Waals surface area (Å²) in [5.74, 6) is 0.136. The number of nitrogens with one attached hydrogen (secondary N) is 1. The lowest BCUT2D eigenvalue weighted by atomic mass is 9.76. The third-order valence-electron chi connectivity index (χ3n) is 5.96. The highest BCUT2D eigenvalue weighted by molar-refractivity contribution is 7.09. The van der Waals surface area contributed by atoms with Crippen molar-refractivity contribution in [3.05, 3.63) is 52.7 Å². The number of piperidine rings is 1. The van der Waals surface area contributed by atoms with E-state index in [2.05, 4.69) is 39.7 Å². The molecular weight excluding hydrogens is 342 g/mol. The number of nitrogens with zero attached hydrogens (tertiary/aromatic N) is 2. The highest BCUT2D eigenvalue weighted by Gasteiger charge is 2.46. The van der Waals surface area contributed by atoms with Crippen LogP contribution in [-0.4, -0.2) is 48.4 Å². The second-order valence-corrected chi connectivity index (χ2v) is 8.88. The lowest BCUT2D eigenvalue weighted by Crippen LogP contribution is -2.40. The summed E-state index contributed by atoms with van der Waals surface area (Å²) in [7, 11) is 2.10. The van der Waals surface area contributed by atoms with Crippen LogP contribution in [0.2, 0.25) is 0 Å². The molecule has 2 aliphatic heterocycles. The Balaban J connectivity index is 1.34. The lowest BCUT2D eigenvalue weighted by molar-refractivity contribution is -0.120. The highest BCUT2D eigenvalue weighted by atomic mass is 32.1. The molecule has 1 spiro atoms. The monoisotopic (exact) mass is 369 g/mol. The first-order chi connectivity index (χ1) is 12.6. The van der Waals surface area contributed by atoms with Gasteiger partial charge in [0.2, 0.25) is 5.91 Å². The number of benzene rings is 1. The quantitative estimate of drug-likeness (QED) is 0.893. The molecule has 1 aromatic carbocycles. The zero-order valence-electron chi connectivity index (χ0n) is 15.4. The number of anilines is 1. The van der Waals surface area contributed by atoms with Gasteiger partial charge in [0.05, 0.1) is 6.04 Å². The minimum absolute atomic E-state index is 0.0148. The maximum absolute atomic E-state index is 12.8. The SMILES string of the molecule is CN1CC2(CCN(Cc3cccs3)CC2)CC1C(=O)Nc1ccccc1. The summed E-state index contributed by atoms with van der Waals surface area (Å²) in [5.41, 5.74) is 1.19. The Morgan fingerprint density at radius 1 is 1.19 bits per heavy atom. The van der Waals surface area contributed by atoms with E-state index in [9.17, 15) is 4.79 Å². The van der Waals surface area contributed by atoms with Crippen LogP contribution in [0, 0.1) is 5.41 Å². The fourth-order valence-electron chi connectivity index (χ4n) is 4.48. The fourth-order valence-corrected chi connectivity index (χ4v) is 5.23. The van der Waals surface area contributed by atoms with Gasteiger partial charge in [0.15, 0.2) is 0 Å². The van der Waals surface area contributed by atoms with Gasteiger partial charge < -0.3 is 5.32 Å². The van der Waals surface area contributed by atoms with E-state index in [0.717, 1.165) is 38.3 Å². The first-order valence-electron chi connectivity index (χ1n) is 9.44. The molecule has 1 N–H and O–H groups in total. The Kier molecular flexibility index (Phi) is 5.11. The molecular formula is C21H27N3OS. The fraction of sp³-hybridized carbons (Fsp3) is 0.476. The molecule has 3 heterocycles. The van der Waals surface area contributed by atoms with E-state index in [4.69, 9.17) is 0 Å². The van der Waals surface area contributed by atoms with Gasteiger partial charge >= 0.3 is 0 Å². The minimum Gasteiger partial charge on any atom is -0.325 e. The molecule has 2 aliphatic rings. The van der Waals surface area contributed by atoms with E-state index in [-0.39, 0.29) is 11.9 Å². The normalized spacial score (nSPS) is 23.3. The average Bonchev–Trinajstić information content (AvgIpc) is 3.26. The van der Waals surface area contributed by atoms with E-state index >= 15 is 0 Å². The summed E-state index contributed by atoms with van der Waals surface area (Å²) in [5, 5.41) is 5.24. The zero-order chi connectivity index (χ0) is 18.0. The molecule has 2 aromatic rings. The second kappa shape index (κ2) is 7.51. The van der Waals surface area contributed by atoms with E-state index in [1.807, 2.05) is 41.7 Å². The Morgan fingerprint density at radius 2 is 1.96 bits per heavy atom. The third-order valence-corrected chi connectivity index (χ3v) is 6.82. The molecule has 5 heteroatoms. The number of amides is 1. The third kappa shape index (κ3) is 3.85. The van der Waals surface area contributed by atoms with Gasteiger partial charge in [-0.05, 0) is 68.4 Å². The topological polar surface area (TPSA) is 35.6 Å². The van der Waals surface area contributed by atoms with Crippen LogP contribution in [0.4, 0.5) is 5.69 Å². The minimum atomic E-state index is -0.0148. The van der Waals surface area contributed by atoms with E-state index in [1.54, 1.807) is 0 Å². The number of carbonyl (C=O) groups excluding carboxylic acids is 1. The molecule has 1 unspecified atom stereocenters. The molecule has 0 saturated carbocycles. The number of rotatable bonds is 4. The van der Waals surface area contributed by atoms with E-state index in [1.165, 1.54) is 17.7 Å². The molecule has 26 heavy (non-hydrogen) atoms. The van der Waals surface area contributed by atoms with Crippen LogP contribution in [-0.2, 0) is 11.3 Å². The molecule has 0 bridgehead atoms. The molecule has 4 rings (SSSR count). The zero-order valence-corrected chi connectivity index (χ0v) is 16.2. The van der Waals surface area contributed by atoms with E-state index < -0.39 is 0 Å². The number of thiophene rings is 1. The van der Waals surface area contributed by atoms with Crippen LogP contribution in [0.25, 0.3) is 0 Å². The largest absolute Gasteiger partial charge is 0.325 e. The summed E-state index contributed by atoms with van der Waals surface area (Å²) in [4.78, 5) is 19.0. The Hall–Kier alpha value is -1.69. The van der Waals surface area contributed by atoms with Crippen molar-refractivity contribution in [3.63, 3.8) is 0 Å². The number of carbonyl (C=O) groups is 1. The van der Waals surface area contributed by atoms with Gasteiger partial charge in [-0.3, -0.25) is 14.6 Å². The molecule has 0 aliphatic carbocycles. The standard InChI is InChI=1S/C21H27N3OS/c1-23-16-21(9-11-24(12-10-21)15-18-8-5-13-26-18)14-19(23)20(25)22-17-6-3-2-4-7-17/h2-8,13,19H,9-12,14-16H2,1H3,(H,22,25). The molecule has 1 amide bonds. The maximum Gasteiger partial charge on any atom is 0.241 e. The van der Waals surface area contributed by atoms with Crippen molar-refractivity contribution < 1.29 is 4.79 Å². The van der Waals surface area contributed by atoms with Gasteiger partial charge in [0, 0.05) is 23.7 Å². The summed E-state index contributed by atoms with van der Waals surface area (Å²) >= 11 is 1.84. The maximum atomic E-state index is 12.8. The number of hydrogen-bond donors (Lipinski definition) is 1. The summed E-state index contributed by atoms with van der Waals surface area (Å²) in [6.07, 6.45) is 3.37. The van der Waals surface area contributed by atoms with Crippen molar-refractivity contribution in [2.24, 2.45) is 5.41 Å². The van der Waals surface area contributed by atoms with Crippen molar-refractivity contribution in [3.8, 4) is 0 Å². The van der Waals surface area contributed by atoms with Crippen molar-refractivity contribution >= 4 is 22.9 Å². The first-order valence-corrected chi connectivity index (χ1v) is 10.3. The van der Waals surface area contributed by atoms with Crippen molar-refractivity contribution in [2.45, 2.75) is 31.8 Å². The predicted molar refractivity (Wildman–Crippen MR) is 107 cm³/mol. The predicted octanol–water partition coefficient (Wildman–Crippen LogP) is 3.67. The van der Waals surface area contributed by atoms with Gasteiger partial charge in [0.1, 0.15) is 0 Å². The summed E-state index contributed by atoms with van der Waals surface area (Å²) < 4.78 is 0. The van der Waals surface area contributed by atoms with Crippen molar-refractivity contribution in [1.82, 2.24) is 9.80 Å². The molecule has 138 valence electrons. The summed E-state index contributed by atoms with van der Waals surface area (Å²) in [6, 6.07) is 14.1. The molecule has 1 atom stereocenters. The Bertz CT molecular complexity index is 723. The van der Waals surface area contributed by atoms with Crippen LogP contribution in [0.3, 0.4) is 0 Å². The van der Waals surface area contributed by atoms with Gasteiger partial charge in [-0.2, -0.15) is 0 Å². The van der Waals surface area contributed by atoms with Crippen LogP contribution in [0.1, 0.15) is 24.1 Å². The molecule has 4 nitrogen and oxygen atoms in total. The molecule has 2 fully saturated rings.